The SMILES string of the molecule is Cc1cc(NC(=O)C[C@H](C)N[C@H](C)[C@@H]2COc3ccccc32)no1. The number of para-hydroxylation sites is 1. The lowest BCUT2D eigenvalue weighted by molar-refractivity contribution is -0.116. The number of rotatable bonds is 6. The van der Waals surface area contributed by atoms with Crippen molar-refractivity contribution >= 4 is 11.7 Å². The molecule has 0 unspecified atom stereocenters. The molecule has 3 atom stereocenters. The molecule has 1 aliphatic heterocycles. The van der Waals surface area contributed by atoms with Crippen molar-refractivity contribution in [3.8, 4) is 5.75 Å². The van der Waals surface area contributed by atoms with Crippen LogP contribution in [-0.2, 0) is 4.79 Å². The van der Waals surface area contributed by atoms with E-state index < -0.39 is 0 Å². The second kappa shape index (κ2) is 7.05. The Morgan fingerprint density at radius 3 is 2.92 bits per heavy atom. The first-order chi connectivity index (χ1) is 11.5. The van der Waals surface area contributed by atoms with Crippen LogP contribution in [0.2, 0.25) is 0 Å². The van der Waals surface area contributed by atoms with Crippen molar-refractivity contribution in [3.63, 3.8) is 0 Å². The molecule has 0 aliphatic carbocycles. The van der Waals surface area contributed by atoms with Gasteiger partial charge in [-0.25, -0.2) is 0 Å². The highest BCUT2D eigenvalue weighted by Crippen LogP contribution is 2.35. The highest BCUT2D eigenvalue weighted by Gasteiger charge is 2.29. The fourth-order valence-electron chi connectivity index (χ4n) is 3.12. The summed E-state index contributed by atoms with van der Waals surface area (Å²) in [6, 6.07) is 10.1. The summed E-state index contributed by atoms with van der Waals surface area (Å²) in [6.45, 7) is 6.60. The van der Waals surface area contributed by atoms with Gasteiger partial charge in [-0.05, 0) is 26.8 Å². The van der Waals surface area contributed by atoms with Crippen molar-refractivity contribution in [1.82, 2.24) is 10.5 Å². The van der Waals surface area contributed by atoms with Gasteiger partial charge in [0.25, 0.3) is 0 Å². The third-order valence-corrected chi connectivity index (χ3v) is 4.27. The van der Waals surface area contributed by atoms with Gasteiger partial charge in [-0.15, -0.1) is 0 Å². The van der Waals surface area contributed by atoms with Crippen molar-refractivity contribution < 1.29 is 14.1 Å². The van der Waals surface area contributed by atoms with Crippen LogP contribution in [0.15, 0.2) is 34.9 Å². The third kappa shape index (κ3) is 3.76. The van der Waals surface area contributed by atoms with E-state index in [-0.39, 0.29) is 18.0 Å². The van der Waals surface area contributed by atoms with E-state index in [9.17, 15) is 4.79 Å². The van der Waals surface area contributed by atoms with E-state index in [1.807, 2.05) is 25.1 Å². The molecule has 1 aromatic carbocycles. The number of hydrogen-bond donors (Lipinski definition) is 2. The van der Waals surface area contributed by atoms with Crippen LogP contribution in [0.1, 0.15) is 37.5 Å². The van der Waals surface area contributed by atoms with Gasteiger partial charge in [0.2, 0.25) is 5.91 Å². The first kappa shape index (κ1) is 16.5. The van der Waals surface area contributed by atoms with Gasteiger partial charge in [-0.1, -0.05) is 23.4 Å². The summed E-state index contributed by atoms with van der Waals surface area (Å²) >= 11 is 0. The molecule has 0 bridgehead atoms. The Hall–Kier alpha value is -2.34. The highest BCUT2D eigenvalue weighted by atomic mass is 16.5. The number of fused-ring (bicyclic) bond motifs is 1. The number of aryl methyl sites for hydroxylation is 1. The lowest BCUT2D eigenvalue weighted by atomic mass is 9.94. The molecule has 1 amide bonds. The van der Waals surface area contributed by atoms with Crippen molar-refractivity contribution in [2.24, 2.45) is 0 Å². The lowest BCUT2D eigenvalue weighted by Crippen LogP contribution is -2.40. The number of anilines is 1. The molecular weight excluding hydrogens is 306 g/mol. The normalized spacial score (nSPS) is 18.5. The molecule has 0 saturated carbocycles. The van der Waals surface area contributed by atoms with Crippen molar-refractivity contribution in [3.05, 3.63) is 41.7 Å². The molecule has 2 aromatic rings. The van der Waals surface area contributed by atoms with Gasteiger partial charge < -0.3 is 19.9 Å². The molecule has 1 aliphatic rings. The van der Waals surface area contributed by atoms with Crippen LogP contribution in [0.5, 0.6) is 5.75 Å². The van der Waals surface area contributed by atoms with Crippen LogP contribution in [0.25, 0.3) is 0 Å². The molecular formula is C18H23N3O3. The Balaban J connectivity index is 1.51. The fourth-order valence-corrected chi connectivity index (χ4v) is 3.12. The predicted molar refractivity (Wildman–Crippen MR) is 91.2 cm³/mol. The standard InChI is InChI=1S/C18H23N3O3/c1-11(8-18(22)20-17-9-12(2)24-21-17)19-13(3)15-10-23-16-7-5-4-6-14(15)16/h4-7,9,11,13,15,19H,8,10H2,1-3H3,(H,20,21,22)/t11-,13+,15-/m0/s1. The van der Waals surface area contributed by atoms with Crippen LogP contribution in [-0.4, -0.2) is 29.8 Å². The van der Waals surface area contributed by atoms with Crippen LogP contribution in [0.4, 0.5) is 5.82 Å². The topological polar surface area (TPSA) is 76.4 Å². The second-order valence-corrected chi connectivity index (χ2v) is 6.39. The molecule has 1 aromatic heterocycles. The highest BCUT2D eigenvalue weighted by molar-refractivity contribution is 5.90. The number of nitrogens with zero attached hydrogens (tertiary/aromatic N) is 1. The van der Waals surface area contributed by atoms with E-state index >= 15 is 0 Å². The predicted octanol–water partition coefficient (Wildman–Crippen LogP) is 2.85. The van der Waals surface area contributed by atoms with Crippen LogP contribution in [0, 0.1) is 6.92 Å². The summed E-state index contributed by atoms with van der Waals surface area (Å²) in [5.74, 6) is 2.30. The number of carbonyl (C=O) groups excluding carboxylic acids is 1. The van der Waals surface area contributed by atoms with Gasteiger partial charge in [0, 0.05) is 36.1 Å². The summed E-state index contributed by atoms with van der Waals surface area (Å²) in [7, 11) is 0. The van der Waals surface area contributed by atoms with Gasteiger partial charge in [0.1, 0.15) is 11.5 Å². The van der Waals surface area contributed by atoms with Crippen molar-refractivity contribution in [2.75, 3.05) is 11.9 Å². The van der Waals surface area contributed by atoms with E-state index in [0.717, 1.165) is 5.75 Å². The van der Waals surface area contributed by atoms with Crippen LogP contribution < -0.4 is 15.4 Å². The monoisotopic (exact) mass is 329 g/mol. The zero-order chi connectivity index (χ0) is 17.1. The van der Waals surface area contributed by atoms with E-state index in [4.69, 9.17) is 9.26 Å². The van der Waals surface area contributed by atoms with E-state index in [1.165, 1.54) is 5.56 Å². The Bertz CT molecular complexity index is 713. The van der Waals surface area contributed by atoms with E-state index in [1.54, 1.807) is 13.0 Å². The Labute approximate surface area is 141 Å². The number of nitrogens with one attached hydrogen (secondary N) is 2. The van der Waals surface area contributed by atoms with Crippen LogP contribution in [0.3, 0.4) is 0 Å². The molecule has 3 rings (SSSR count). The molecule has 0 spiro atoms. The number of carbonyl (C=O) groups is 1. The minimum absolute atomic E-state index is 0.0424. The molecule has 0 fully saturated rings. The van der Waals surface area contributed by atoms with Crippen molar-refractivity contribution in [1.29, 1.82) is 0 Å². The summed E-state index contributed by atoms with van der Waals surface area (Å²) in [5, 5.41) is 10.0. The molecule has 24 heavy (non-hydrogen) atoms. The van der Waals surface area contributed by atoms with Gasteiger partial charge >= 0.3 is 0 Å². The minimum atomic E-state index is -0.0847. The number of aromatic nitrogens is 1. The maximum Gasteiger partial charge on any atom is 0.227 e. The van der Waals surface area contributed by atoms with E-state index in [2.05, 4.69) is 28.8 Å². The summed E-state index contributed by atoms with van der Waals surface area (Å²) in [6.07, 6.45) is 0.367. The Morgan fingerprint density at radius 2 is 2.17 bits per heavy atom. The first-order valence-electron chi connectivity index (χ1n) is 8.24. The molecule has 0 saturated heterocycles. The molecule has 6 nitrogen and oxygen atoms in total. The molecule has 2 N–H and O–H groups in total. The van der Waals surface area contributed by atoms with Gasteiger partial charge in [0.15, 0.2) is 5.82 Å². The smallest absolute Gasteiger partial charge is 0.227 e. The maximum absolute atomic E-state index is 12.1. The average Bonchev–Trinajstić information content (AvgIpc) is 3.13. The molecule has 6 heteroatoms. The zero-order valence-corrected chi connectivity index (χ0v) is 14.2. The summed E-state index contributed by atoms with van der Waals surface area (Å²) in [4.78, 5) is 12.1. The largest absolute Gasteiger partial charge is 0.493 e. The van der Waals surface area contributed by atoms with E-state index in [0.29, 0.717) is 30.5 Å². The fraction of sp³-hybridized carbons (Fsp3) is 0.444. The van der Waals surface area contributed by atoms with Crippen LogP contribution >= 0.6 is 0 Å². The zero-order valence-electron chi connectivity index (χ0n) is 14.2. The summed E-state index contributed by atoms with van der Waals surface area (Å²) < 4.78 is 10.7. The van der Waals surface area contributed by atoms with Crippen molar-refractivity contribution in [2.45, 2.75) is 45.2 Å². The van der Waals surface area contributed by atoms with Gasteiger partial charge in [-0.2, -0.15) is 0 Å². The average molecular weight is 329 g/mol. The number of amides is 1. The minimum Gasteiger partial charge on any atom is -0.493 e. The number of ether oxygens (including phenoxy) is 1. The number of hydrogen-bond acceptors (Lipinski definition) is 5. The molecule has 2 heterocycles. The lowest BCUT2D eigenvalue weighted by Gasteiger charge is -2.24. The molecule has 128 valence electrons. The quantitative estimate of drug-likeness (QED) is 0.852. The summed E-state index contributed by atoms with van der Waals surface area (Å²) in [5.41, 5.74) is 1.23. The maximum atomic E-state index is 12.1. The molecule has 0 radical (unpaired) electrons. The number of benzene rings is 1. The Kier molecular flexibility index (Phi) is 4.85. The third-order valence-electron chi connectivity index (χ3n) is 4.27. The Morgan fingerprint density at radius 1 is 1.38 bits per heavy atom. The first-order valence-corrected chi connectivity index (χ1v) is 8.24. The van der Waals surface area contributed by atoms with Gasteiger partial charge in [0.05, 0.1) is 6.61 Å². The van der Waals surface area contributed by atoms with Gasteiger partial charge in [-0.3, -0.25) is 4.79 Å². The second-order valence-electron chi connectivity index (χ2n) is 6.39.